The molecule has 2 heterocycles. The van der Waals surface area contributed by atoms with E-state index in [0.717, 1.165) is 11.3 Å². The topological polar surface area (TPSA) is 30.7 Å². The summed E-state index contributed by atoms with van der Waals surface area (Å²) in [6, 6.07) is 26.4. The van der Waals surface area contributed by atoms with Gasteiger partial charge in [-0.1, -0.05) is 80.6 Å². The molecule has 1 aliphatic rings. The minimum Gasteiger partial charge on any atom is -0.292 e. The second-order valence-corrected chi connectivity index (χ2v) is 9.11. The zero-order valence-corrected chi connectivity index (χ0v) is 18.0. The Morgan fingerprint density at radius 3 is 2.28 bits per heavy atom. The van der Waals surface area contributed by atoms with Crippen molar-refractivity contribution in [3.05, 3.63) is 103 Å². The number of rotatable bonds is 1. The maximum atomic E-state index is 4.70. The van der Waals surface area contributed by atoms with Crippen LogP contribution < -0.4 is 0 Å². The lowest BCUT2D eigenvalue weighted by molar-refractivity contribution is 0.666. The minimum atomic E-state index is -0.0739. The fourth-order valence-corrected chi connectivity index (χ4v) is 5.86. The summed E-state index contributed by atoms with van der Waals surface area (Å²) in [4.78, 5) is 9.08. The van der Waals surface area contributed by atoms with Gasteiger partial charge in [-0.25, -0.2) is 4.98 Å². The summed E-state index contributed by atoms with van der Waals surface area (Å²) in [6.45, 7) is 4.72. The van der Waals surface area contributed by atoms with E-state index < -0.39 is 0 Å². The Balaban J connectivity index is 1.84. The van der Waals surface area contributed by atoms with E-state index in [2.05, 4.69) is 96.2 Å². The van der Waals surface area contributed by atoms with Crippen molar-refractivity contribution in [2.75, 3.05) is 0 Å². The molecular formula is C29H21N3. The Labute approximate surface area is 186 Å². The Hall–Kier alpha value is -3.98. The Morgan fingerprint density at radius 2 is 1.47 bits per heavy atom. The van der Waals surface area contributed by atoms with Crippen molar-refractivity contribution in [1.82, 2.24) is 14.5 Å². The molecule has 0 spiro atoms. The molecule has 0 radical (unpaired) electrons. The van der Waals surface area contributed by atoms with Crippen molar-refractivity contribution in [2.24, 2.45) is 0 Å². The van der Waals surface area contributed by atoms with Crippen LogP contribution in [0.4, 0.5) is 0 Å². The maximum Gasteiger partial charge on any atom is 0.156 e. The Bertz CT molecular complexity index is 1690. The van der Waals surface area contributed by atoms with Gasteiger partial charge in [0.25, 0.3) is 0 Å². The number of nitrogens with zero attached hydrogens (tertiary/aromatic N) is 3. The normalized spacial score (nSPS) is 14.2. The molecule has 3 nitrogen and oxygen atoms in total. The molecule has 0 atom stereocenters. The van der Waals surface area contributed by atoms with Gasteiger partial charge in [-0.3, -0.25) is 9.55 Å². The third-order valence-corrected chi connectivity index (χ3v) is 7.10. The summed E-state index contributed by atoms with van der Waals surface area (Å²) in [7, 11) is 0. The summed E-state index contributed by atoms with van der Waals surface area (Å²) >= 11 is 0. The van der Waals surface area contributed by atoms with E-state index >= 15 is 0 Å². The molecule has 7 rings (SSSR count). The fourth-order valence-electron chi connectivity index (χ4n) is 5.86. The first-order valence-corrected chi connectivity index (χ1v) is 11.0. The lowest BCUT2D eigenvalue weighted by Gasteiger charge is -2.23. The zero-order chi connectivity index (χ0) is 21.4. The second-order valence-electron chi connectivity index (χ2n) is 9.11. The van der Waals surface area contributed by atoms with Gasteiger partial charge >= 0.3 is 0 Å². The molecule has 0 fully saturated rings. The van der Waals surface area contributed by atoms with Crippen LogP contribution in [0.1, 0.15) is 25.0 Å². The molecule has 0 bridgehead atoms. The molecule has 0 saturated carbocycles. The quantitative estimate of drug-likeness (QED) is 0.291. The van der Waals surface area contributed by atoms with Crippen LogP contribution in [0, 0.1) is 0 Å². The summed E-state index contributed by atoms with van der Waals surface area (Å²) < 4.78 is 2.29. The van der Waals surface area contributed by atoms with Gasteiger partial charge in [-0.2, -0.15) is 0 Å². The molecule has 2 aromatic heterocycles. The predicted octanol–water partition coefficient (Wildman–Crippen LogP) is 7.03. The van der Waals surface area contributed by atoms with Gasteiger partial charge < -0.3 is 0 Å². The molecule has 0 unspecified atom stereocenters. The van der Waals surface area contributed by atoms with E-state index in [-0.39, 0.29) is 5.41 Å². The standard InChI is InChI=1S/C29H21N3/c1-29(2)22-13-7-5-11-20(22)25-26-21-12-6-8-14-23(21)32(24-17-30-15-16-31-24)28(26)19-10-4-3-9-18(19)27(25)29/h3-17H,1-2H3. The van der Waals surface area contributed by atoms with Crippen LogP contribution in [0.3, 0.4) is 0 Å². The second kappa shape index (κ2) is 6.04. The SMILES string of the molecule is CC1(C)c2ccccc2-c2c1c1ccccc1c1c2c2ccccc2n1-c1cnccn1. The molecule has 32 heavy (non-hydrogen) atoms. The lowest BCUT2D eigenvalue weighted by Crippen LogP contribution is -2.15. The van der Waals surface area contributed by atoms with E-state index in [0.29, 0.717) is 0 Å². The monoisotopic (exact) mass is 411 g/mol. The van der Waals surface area contributed by atoms with Crippen LogP contribution in [0.5, 0.6) is 0 Å². The molecule has 3 heteroatoms. The van der Waals surface area contributed by atoms with Crippen LogP contribution >= 0.6 is 0 Å². The molecule has 152 valence electrons. The van der Waals surface area contributed by atoms with E-state index in [1.165, 1.54) is 49.3 Å². The highest BCUT2D eigenvalue weighted by Gasteiger charge is 2.39. The third kappa shape index (κ3) is 2.06. The first kappa shape index (κ1) is 17.7. The van der Waals surface area contributed by atoms with Gasteiger partial charge in [0, 0.05) is 34.0 Å². The van der Waals surface area contributed by atoms with Gasteiger partial charge in [0.15, 0.2) is 5.82 Å². The molecule has 1 aliphatic carbocycles. The average molecular weight is 412 g/mol. The largest absolute Gasteiger partial charge is 0.292 e. The molecule has 0 amide bonds. The van der Waals surface area contributed by atoms with Crippen LogP contribution in [-0.4, -0.2) is 14.5 Å². The van der Waals surface area contributed by atoms with Gasteiger partial charge in [-0.05, 0) is 33.7 Å². The minimum absolute atomic E-state index is 0.0739. The van der Waals surface area contributed by atoms with Crippen molar-refractivity contribution in [3.8, 4) is 16.9 Å². The van der Waals surface area contributed by atoms with E-state index in [4.69, 9.17) is 4.98 Å². The van der Waals surface area contributed by atoms with E-state index in [1.54, 1.807) is 12.4 Å². The van der Waals surface area contributed by atoms with Crippen LogP contribution in [0.25, 0.3) is 49.5 Å². The average Bonchev–Trinajstić information content (AvgIpc) is 3.30. The first-order chi connectivity index (χ1) is 15.7. The first-order valence-electron chi connectivity index (χ1n) is 11.0. The number of hydrogen-bond acceptors (Lipinski definition) is 2. The van der Waals surface area contributed by atoms with Crippen LogP contribution in [0.15, 0.2) is 91.4 Å². The Kier molecular flexibility index (Phi) is 3.34. The molecule has 0 N–H and O–H groups in total. The van der Waals surface area contributed by atoms with Crippen molar-refractivity contribution < 1.29 is 0 Å². The number of para-hydroxylation sites is 1. The molecule has 0 aliphatic heterocycles. The summed E-state index contributed by atoms with van der Waals surface area (Å²) in [6.07, 6.45) is 5.35. The maximum absolute atomic E-state index is 4.70. The lowest BCUT2D eigenvalue weighted by atomic mass is 9.79. The number of fused-ring (bicyclic) bond motifs is 10. The van der Waals surface area contributed by atoms with Crippen molar-refractivity contribution in [1.29, 1.82) is 0 Å². The molecule has 4 aromatic carbocycles. The molecule has 0 saturated heterocycles. The fraction of sp³-hybridized carbons (Fsp3) is 0.103. The number of hydrogen-bond donors (Lipinski definition) is 0. The highest BCUT2D eigenvalue weighted by atomic mass is 15.1. The van der Waals surface area contributed by atoms with Gasteiger partial charge in [0.2, 0.25) is 0 Å². The van der Waals surface area contributed by atoms with E-state index in [9.17, 15) is 0 Å². The van der Waals surface area contributed by atoms with Gasteiger partial charge in [0.1, 0.15) is 0 Å². The summed E-state index contributed by atoms with van der Waals surface area (Å²) in [5.74, 6) is 0.842. The van der Waals surface area contributed by atoms with Crippen molar-refractivity contribution in [2.45, 2.75) is 19.3 Å². The predicted molar refractivity (Wildman–Crippen MR) is 131 cm³/mol. The zero-order valence-electron chi connectivity index (χ0n) is 18.0. The highest BCUT2D eigenvalue weighted by Crippen LogP contribution is 2.56. The van der Waals surface area contributed by atoms with Gasteiger partial charge in [0.05, 0.1) is 17.2 Å². The molecular weight excluding hydrogens is 390 g/mol. The van der Waals surface area contributed by atoms with Gasteiger partial charge in [-0.15, -0.1) is 0 Å². The van der Waals surface area contributed by atoms with Crippen LogP contribution in [0.2, 0.25) is 0 Å². The number of benzene rings is 4. The van der Waals surface area contributed by atoms with Crippen molar-refractivity contribution >= 4 is 32.6 Å². The molecule has 6 aromatic rings. The third-order valence-electron chi connectivity index (χ3n) is 7.10. The smallest absolute Gasteiger partial charge is 0.156 e. The number of aromatic nitrogens is 3. The van der Waals surface area contributed by atoms with E-state index in [1.807, 2.05) is 6.20 Å². The van der Waals surface area contributed by atoms with Crippen molar-refractivity contribution in [3.63, 3.8) is 0 Å². The highest BCUT2D eigenvalue weighted by molar-refractivity contribution is 6.26. The Morgan fingerprint density at radius 1 is 0.750 bits per heavy atom. The summed E-state index contributed by atoms with van der Waals surface area (Å²) in [5.41, 5.74) is 7.80. The van der Waals surface area contributed by atoms with Crippen LogP contribution in [-0.2, 0) is 5.41 Å². The summed E-state index contributed by atoms with van der Waals surface area (Å²) in [5, 5.41) is 5.12.